The third kappa shape index (κ3) is 2.19. The molecule has 0 atom stereocenters. The molecule has 2 nitrogen and oxygen atoms in total. The Balaban J connectivity index is 2.34. The molecule has 0 saturated heterocycles. The van der Waals surface area contributed by atoms with E-state index in [4.69, 9.17) is 0 Å². The predicted molar refractivity (Wildman–Crippen MR) is 70.8 cm³/mol. The average Bonchev–Trinajstić information content (AvgIpc) is 2.80. The summed E-state index contributed by atoms with van der Waals surface area (Å²) in [6.07, 6.45) is 0. The molecule has 0 fully saturated rings. The summed E-state index contributed by atoms with van der Waals surface area (Å²) in [5.74, 6) is 0. The van der Waals surface area contributed by atoms with E-state index in [1.165, 1.54) is 0 Å². The first-order valence-corrected chi connectivity index (χ1v) is 6.43. The standard InChI is InChI=1S/C13H15BrN2/c1-13(2,9-14)12-8-11(15-16-12)10-6-4-3-5-7-10/h3-8H,9H2,1-2H3,(H,15,16). The number of aromatic amines is 1. The van der Waals surface area contributed by atoms with Gasteiger partial charge in [0.15, 0.2) is 0 Å². The van der Waals surface area contributed by atoms with Crippen molar-refractivity contribution in [2.24, 2.45) is 0 Å². The van der Waals surface area contributed by atoms with Crippen LogP contribution in [0.2, 0.25) is 0 Å². The Hall–Kier alpha value is -1.09. The van der Waals surface area contributed by atoms with Gasteiger partial charge in [0.05, 0.1) is 5.69 Å². The van der Waals surface area contributed by atoms with Crippen molar-refractivity contribution >= 4 is 15.9 Å². The molecule has 0 radical (unpaired) electrons. The second-order valence-corrected chi connectivity index (χ2v) is 5.11. The van der Waals surface area contributed by atoms with E-state index in [2.05, 4.69) is 58.2 Å². The highest BCUT2D eigenvalue weighted by Crippen LogP contribution is 2.27. The van der Waals surface area contributed by atoms with Crippen molar-refractivity contribution in [3.05, 3.63) is 42.1 Å². The smallest absolute Gasteiger partial charge is 0.0923 e. The molecule has 0 unspecified atom stereocenters. The lowest BCUT2D eigenvalue weighted by Gasteiger charge is -2.18. The van der Waals surface area contributed by atoms with Crippen LogP contribution in [0.3, 0.4) is 0 Å². The number of hydrogen-bond acceptors (Lipinski definition) is 1. The molecule has 0 aliphatic rings. The minimum absolute atomic E-state index is 0.0834. The molecule has 1 aromatic carbocycles. The van der Waals surface area contributed by atoms with E-state index in [0.717, 1.165) is 22.3 Å². The molecule has 3 heteroatoms. The Morgan fingerprint density at radius 2 is 1.94 bits per heavy atom. The Morgan fingerprint density at radius 1 is 1.25 bits per heavy atom. The quantitative estimate of drug-likeness (QED) is 0.852. The van der Waals surface area contributed by atoms with Gasteiger partial charge in [-0.25, -0.2) is 0 Å². The Kier molecular flexibility index (Phi) is 3.15. The minimum atomic E-state index is 0.0834. The van der Waals surface area contributed by atoms with E-state index in [1.54, 1.807) is 0 Å². The molecule has 1 N–H and O–H groups in total. The monoisotopic (exact) mass is 278 g/mol. The molecule has 1 aromatic heterocycles. The van der Waals surface area contributed by atoms with E-state index in [0.29, 0.717) is 0 Å². The minimum Gasteiger partial charge on any atom is -0.281 e. The van der Waals surface area contributed by atoms with E-state index in [1.807, 2.05) is 18.2 Å². The van der Waals surface area contributed by atoms with Gasteiger partial charge in [0.25, 0.3) is 0 Å². The highest BCUT2D eigenvalue weighted by molar-refractivity contribution is 9.09. The van der Waals surface area contributed by atoms with Crippen LogP contribution in [0, 0.1) is 0 Å². The van der Waals surface area contributed by atoms with E-state index >= 15 is 0 Å². The zero-order valence-electron chi connectivity index (χ0n) is 9.50. The van der Waals surface area contributed by atoms with Crippen molar-refractivity contribution in [2.45, 2.75) is 19.3 Å². The molecule has 0 bridgehead atoms. The lowest BCUT2D eigenvalue weighted by atomic mass is 9.92. The van der Waals surface area contributed by atoms with Crippen molar-refractivity contribution in [3.8, 4) is 11.3 Å². The average molecular weight is 279 g/mol. The maximum atomic E-state index is 4.35. The van der Waals surface area contributed by atoms with Crippen LogP contribution in [0.25, 0.3) is 11.3 Å². The molecule has 1 heterocycles. The highest BCUT2D eigenvalue weighted by Gasteiger charge is 2.21. The zero-order chi connectivity index (χ0) is 11.6. The summed E-state index contributed by atoms with van der Waals surface area (Å²) in [5.41, 5.74) is 3.39. The van der Waals surface area contributed by atoms with Crippen LogP contribution in [0.5, 0.6) is 0 Å². The fourth-order valence-corrected chi connectivity index (χ4v) is 1.80. The van der Waals surface area contributed by atoms with Gasteiger partial charge in [0.2, 0.25) is 0 Å². The Labute approximate surface area is 104 Å². The first kappa shape index (κ1) is 11.4. The van der Waals surface area contributed by atoms with Crippen molar-refractivity contribution in [3.63, 3.8) is 0 Å². The van der Waals surface area contributed by atoms with E-state index in [9.17, 15) is 0 Å². The number of halogens is 1. The second-order valence-electron chi connectivity index (χ2n) is 4.55. The summed E-state index contributed by atoms with van der Waals surface area (Å²) < 4.78 is 0. The number of nitrogens with one attached hydrogen (secondary N) is 1. The molecule has 16 heavy (non-hydrogen) atoms. The van der Waals surface area contributed by atoms with Gasteiger partial charge in [-0.3, -0.25) is 5.10 Å². The molecule has 0 aliphatic carbocycles. The number of nitrogens with zero attached hydrogens (tertiary/aromatic N) is 1. The molecule has 2 rings (SSSR count). The van der Waals surface area contributed by atoms with Crippen LogP contribution in [0.1, 0.15) is 19.5 Å². The van der Waals surface area contributed by atoms with Crippen LogP contribution in [0.15, 0.2) is 36.4 Å². The maximum absolute atomic E-state index is 4.35. The fourth-order valence-electron chi connectivity index (χ4n) is 1.50. The first-order valence-electron chi connectivity index (χ1n) is 5.31. The molecule has 0 aliphatic heterocycles. The molecule has 84 valence electrons. The van der Waals surface area contributed by atoms with Crippen molar-refractivity contribution < 1.29 is 0 Å². The second kappa shape index (κ2) is 4.42. The summed E-state index contributed by atoms with van der Waals surface area (Å²) in [6, 6.07) is 12.3. The lowest BCUT2D eigenvalue weighted by Crippen LogP contribution is -2.19. The Morgan fingerprint density at radius 3 is 2.56 bits per heavy atom. The summed E-state index contributed by atoms with van der Waals surface area (Å²) in [5, 5.41) is 8.38. The van der Waals surface area contributed by atoms with Gasteiger partial charge in [0, 0.05) is 22.0 Å². The van der Waals surface area contributed by atoms with E-state index < -0.39 is 0 Å². The number of alkyl halides is 1. The van der Waals surface area contributed by atoms with Crippen molar-refractivity contribution in [2.75, 3.05) is 5.33 Å². The van der Waals surface area contributed by atoms with Crippen LogP contribution in [-0.2, 0) is 5.41 Å². The van der Waals surface area contributed by atoms with Gasteiger partial charge in [-0.05, 0) is 6.07 Å². The summed E-state index contributed by atoms with van der Waals surface area (Å²) in [7, 11) is 0. The predicted octanol–water partition coefficient (Wildman–Crippen LogP) is 3.75. The number of H-pyrrole nitrogens is 1. The molecule has 0 saturated carbocycles. The lowest BCUT2D eigenvalue weighted by molar-refractivity contribution is 0.582. The molecule has 0 spiro atoms. The largest absolute Gasteiger partial charge is 0.281 e. The van der Waals surface area contributed by atoms with Gasteiger partial charge in [-0.1, -0.05) is 60.1 Å². The maximum Gasteiger partial charge on any atom is 0.0923 e. The van der Waals surface area contributed by atoms with E-state index in [-0.39, 0.29) is 5.41 Å². The molecular formula is C13H15BrN2. The highest BCUT2D eigenvalue weighted by atomic mass is 79.9. The molecule has 2 aromatic rings. The zero-order valence-corrected chi connectivity index (χ0v) is 11.1. The van der Waals surface area contributed by atoms with Gasteiger partial charge < -0.3 is 0 Å². The van der Waals surface area contributed by atoms with Crippen LogP contribution in [0.4, 0.5) is 0 Å². The Bertz CT molecular complexity index is 460. The van der Waals surface area contributed by atoms with Gasteiger partial charge in [0.1, 0.15) is 0 Å². The third-order valence-electron chi connectivity index (χ3n) is 2.71. The SMILES string of the molecule is CC(C)(CBr)c1cc(-c2ccccc2)n[nH]1. The number of aromatic nitrogens is 2. The summed E-state index contributed by atoms with van der Waals surface area (Å²) in [4.78, 5) is 0. The van der Waals surface area contributed by atoms with Gasteiger partial charge >= 0.3 is 0 Å². The number of rotatable bonds is 3. The summed E-state index contributed by atoms with van der Waals surface area (Å²) >= 11 is 3.53. The van der Waals surface area contributed by atoms with Gasteiger partial charge in [-0.2, -0.15) is 5.10 Å². The van der Waals surface area contributed by atoms with Crippen LogP contribution in [-0.4, -0.2) is 15.5 Å². The van der Waals surface area contributed by atoms with Crippen molar-refractivity contribution in [1.82, 2.24) is 10.2 Å². The fraction of sp³-hybridized carbons (Fsp3) is 0.308. The number of hydrogen-bond donors (Lipinski definition) is 1. The van der Waals surface area contributed by atoms with Crippen LogP contribution >= 0.6 is 15.9 Å². The van der Waals surface area contributed by atoms with Crippen LogP contribution < -0.4 is 0 Å². The first-order chi connectivity index (χ1) is 7.63. The van der Waals surface area contributed by atoms with Gasteiger partial charge in [-0.15, -0.1) is 0 Å². The molecular weight excluding hydrogens is 264 g/mol. The number of benzene rings is 1. The summed E-state index contributed by atoms with van der Waals surface area (Å²) in [6.45, 7) is 4.37. The topological polar surface area (TPSA) is 28.7 Å². The van der Waals surface area contributed by atoms with Crippen molar-refractivity contribution in [1.29, 1.82) is 0 Å². The normalized spacial score (nSPS) is 11.7. The third-order valence-corrected chi connectivity index (χ3v) is 4.11. The molecule has 0 amide bonds.